The number of hydrogen-bond acceptors (Lipinski definition) is 1. The molecule has 11 aromatic rings. The summed E-state index contributed by atoms with van der Waals surface area (Å²) >= 11 is 0. The molecular formula is C60H41N. The summed E-state index contributed by atoms with van der Waals surface area (Å²) in [6, 6.07) is 85.8. The Hall–Kier alpha value is -8.00. The summed E-state index contributed by atoms with van der Waals surface area (Å²) in [4.78, 5) is 2.37. The topological polar surface area (TPSA) is 3.24 Å². The van der Waals surface area contributed by atoms with E-state index in [2.05, 4.69) is 254 Å². The van der Waals surface area contributed by atoms with Crippen molar-refractivity contribution in [2.75, 3.05) is 4.90 Å². The first-order chi connectivity index (χ1) is 30.3. The number of hydrogen-bond donors (Lipinski definition) is 0. The van der Waals surface area contributed by atoms with Crippen LogP contribution in [0.15, 0.2) is 237 Å². The molecule has 0 unspecified atom stereocenters. The lowest BCUT2D eigenvalue weighted by molar-refractivity contribution is 1.30. The number of benzene rings is 11. The molecule has 286 valence electrons. The van der Waals surface area contributed by atoms with Crippen molar-refractivity contribution in [2.24, 2.45) is 0 Å². The fourth-order valence-electron chi connectivity index (χ4n) is 9.14. The van der Waals surface area contributed by atoms with Gasteiger partial charge in [-0.15, -0.1) is 0 Å². The van der Waals surface area contributed by atoms with Gasteiger partial charge in [-0.05, 0) is 113 Å². The zero-order valence-electron chi connectivity index (χ0n) is 33.6. The molecule has 0 amide bonds. The van der Waals surface area contributed by atoms with E-state index in [-0.39, 0.29) is 0 Å². The van der Waals surface area contributed by atoms with Crippen LogP contribution < -0.4 is 4.90 Å². The van der Waals surface area contributed by atoms with E-state index < -0.39 is 0 Å². The molecule has 0 aliphatic carbocycles. The highest BCUT2D eigenvalue weighted by atomic mass is 15.1. The molecule has 0 aliphatic heterocycles. The molecule has 0 atom stereocenters. The summed E-state index contributed by atoms with van der Waals surface area (Å²) in [5.74, 6) is 0. The Kier molecular flexibility index (Phi) is 9.26. The second-order valence-electron chi connectivity index (χ2n) is 15.7. The van der Waals surface area contributed by atoms with Crippen molar-refractivity contribution in [1.82, 2.24) is 0 Å². The van der Waals surface area contributed by atoms with Crippen LogP contribution in [0, 0.1) is 0 Å². The van der Waals surface area contributed by atoms with Gasteiger partial charge in [0.2, 0.25) is 0 Å². The van der Waals surface area contributed by atoms with Crippen molar-refractivity contribution >= 4 is 72.3 Å². The molecule has 0 saturated heterocycles. The zero-order valence-corrected chi connectivity index (χ0v) is 33.6. The molecule has 0 N–H and O–H groups in total. The number of fused-ring (bicyclic) bond motifs is 4. The monoisotopic (exact) mass is 775 g/mol. The highest BCUT2D eigenvalue weighted by molar-refractivity contribution is 6.21. The van der Waals surface area contributed by atoms with Crippen molar-refractivity contribution in [3.8, 4) is 33.4 Å². The normalized spacial score (nSPS) is 11.5. The van der Waals surface area contributed by atoms with Crippen LogP contribution in [-0.2, 0) is 0 Å². The molecule has 0 saturated carbocycles. The van der Waals surface area contributed by atoms with E-state index >= 15 is 0 Å². The van der Waals surface area contributed by atoms with Gasteiger partial charge >= 0.3 is 0 Å². The average Bonchev–Trinajstić information content (AvgIpc) is 3.33. The number of para-hydroxylation sites is 1. The second kappa shape index (κ2) is 15.6. The Bertz CT molecular complexity index is 3310. The van der Waals surface area contributed by atoms with Crippen LogP contribution in [-0.4, -0.2) is 0 Å². The van der Waals surface area contributed by atoms with E-state index in [0.29, 0.717) is 0 Å². The predicted octanol–water partition coefficient (Wildman–Crippen LogP) is 16.9. The summed E-state index contributed by atoms with van der Waals surface area (Å²) < 4.78 is 0. The van der Waals surface area contributed by atoms with Crippen molar-refractivity contribution in [3.63, 3.8) is 0 Å². The molecule has 0 spiro atoms. The molecule has 0 radical (unpaired) electrons. The van der Waals surface area contributed by atoms with E-state index in [1.807, 2.05) is 0 Å². The van der Waals surface area contributed by atoms with Gasteiger partial charge in [0.05, 0.1) is 5.69 Å². The fourth-order valence-corrected chi connectivity index (χ4v) is 9.14. The van der Waals surface area contributed by atoms with Gasteiger partial charge < -0.3 is 4.90 Å². The quantitative estimate of drug-likeness (QED) is 0.110. The maximum atomic E-state index is 2.37. The lowest BCUT2D eigenvalue weighted by Gasteiger charge is -2.27. The minimum Gasteiger partial charge on any atom is -0.310 e. The molecule has 11 rings (SSSR count). The predicted molar refractivity (Wildman–Crippen MR) is 263 cm³/mol. The van der Waals surface area contributed by atoms with Crippen LogP contribution in [0.3, 0.4) is 0 Å². The van der Waals surface area contributed by atoms with Crippen LogP contribution in [0.2, 0.25) is 0 Å². The van der Waals surface area contributed by atoms with Crippen LogP contribution in [0.25, 0.3) is 88.6 Å². The molecule has 0 fully saturated rings. The maximum absolute atomic E-state index is 2.37. The summed E-state index contributed by atoms with van der Waals surface area (Å²) in [5.41, 5.74) is 13.1. The Morgan fingerprint density at radius 2 is 0.656 bits per heavy atom. The summed E-state index contributed by atoms with van der Waals surface area (Å²) in [7, 11) is 0. The standard InChI is InChI=1S/C60H41N/c1-2-18-49(19-3-1)61(58-27-13-17-45-15-5-7-21-53(45)58)50-40-38-48(39-41-50)60-56-24-10-8-22-54(56)59(55-23-9-11-25-57(55)60)47-36-32-43(33-37-47)29-28-42-30-34-46(35-31-42)52-26-12-16-44-14-4-6-20-51(44)52/h1-41H/b29-28+. The summed E-state index contributed by atoms with van der Waals surface area (Å²) in [5, 5.41) is 9.97. The third-order valence-corrected chi connectivity index (χ3v) is 12.0. The lowest BCUT2D eigenvalue weighted by atomic mass is 9.86. The van der Waals surface area contributed by atoms with Crippen molar-refractivity contribution < 1.29 is 0 Å². The second-order valence-corrected chi connectivity index (χ2v) is 15.7. The van der Waals surface area contributed by atoms with Gasteiger partial charge in [0.1, 0.15) is 0 Å². The Balaban J connectivity index is 0.933. The van der Waals surface area contributed by atoms with Gasteiger partial charge in [-0.1, -0.05) is 218 Å². The molecule has 0 bridgehead atoms. The van der Waals surface area contributed by atoms with E-state index in [1.54, 1.807) is 0 Å². The molecule has 1 heteroatoms. The van der Waals surface area contributed by atoms with Crippen LogP contribution in [0.1, 0.15) is 11.1 Å². The SMILES string of the molecule is C(=C\c1ccc(-c2c3ccccc3c(-c3ccc(N(c4ccccc4)c4cccc5ccccc45)cc3)c3ccccc23)cc1)/c1ccc(-c2cccc3ccccc23)cc1. The van der Waals surface area contributed by atoms with Gasteiger partial charge in [-0.25, -0.2) is 0 Å². The number of anilines is 3. The Morgan fingerprint density at radius 1 is 0.262 bits per heavy atom. The lowest BCUT2D eigenvalue weighted by Crippen LogP contribution is -2.10. The number of rotatable bonds is 8. The van der Waals surface area contributed by atoms with Gasteiger partial charge in [0.15, 0.2) is 0 Å². The molecule has 0 aromatic heterocycles. The van der Waals surface area contributed by atoms with Gasteiger partial charge in [0, 0.05) is 16.8 Å². The number of nitrogens with zero attached hydrogens (tertiary/aromatic N) is 1. The maximum Gasteiger partial charge on any atom is 0.0540 e. The average molecular weight is 776 g/mol. The first kappa shape index (κ1) is 36.1. The summed E-state index contributed by atoms with van der Waals surface area (Å²) in [6.07, 6.45) is 4.41. The van der Waals surface area contributed by atoms with Crippen LogP contribution in [0.5, 0.6) is 0 Å². The Morgan fingerprint density at radius 3 is 1.21 bits per heavy atom. The zero-order chi connectivity index (χ0) is 40.5. The molecule has 11 aromatic carbocycles. The smallest absolute Gasteiger partial charge is 0.0540 e. The highest BCUT2D eigenvalue weighted by Gasteiger charge is 2.19. The first-order valence-corrected chi connectivity index (χ1v) is 21.0. The Labute approximate surface area is 356 Å². The van der Waals surface area contributed by atoms with E-state index in [4.69, 9.17) is 0 Å². The van der Waals surface area contributed by atoms with Gasteiger partial charge in [-0.3, -0.25) is 0 Å². The third-order valence-electron chi connectivity index (χ3n) is 12.0. The van der Waals surface area contributed by atoms with E-state index in [0.717, 1.165) is 17.1 Å². The minimum atomic E-state index is 1.11. The first-order valence-electron chi connectivity index (χ1n) is 21.0. The van der Waals surface area contributed by atoms with Crippen LogP contribution >= 0.6 is 0 Å². The van der Waals surface area contributed by atoms with Crippen molar-refractivity contribution in [1.29, 1.82) is 0 Å². The van der Waals surface area contributed by atoms with Crippen molar-refractivity contribution in [2.45, 2.75) is 0 Å². The summed E-state index contributed by atoms with van der Waals surface area (Å²) in [6.45, 7) is 0. The third kappa shape index (κ3) is 6.73. The minimum absolute atomic E-state index is 1.11. The fraction of sp³-hybridized carbons (Fsp3) is 0. The van der Waals surface area contributed by atoms with Crippen LogP contribution in [0.4, 0.5) is 17.1 Å². The van der Waals surface area contributed by atoms with Crippen molar-refractivity contribution in [3.05, 3.63) is 248 Å². The van der Waals surface area contributed by atoms with Gasteiger partial charge in [-0.2, -0.15) is 0 Å². The van der Waals surface area contributed by atoms with E-state index in [9.17, 15) is 0 Å². The highest BCUT2D eigenvalue weighted by Crippen LogP contribution is 2.45. The largest absolute Gasteiger partial charge is 0.310 e. The van der Waals surface area contributed by atoms with E-state index in [1.165, 1.54) is 87.6 Å². The molecule has 1 nitrogen and oxygen atoms in total. The molecular weight excluding hydrogens is 735 g/mol. The molecule has 0 heterocycles. The van der Waals surface area contributed by atoms with Gasteiger partial charge in [0.25, 0.3) is 0 Å². The molecule has 61 heavy (non-hydrogen) atoms. The molecule has 0 aliphatic rings.